The van der Waals surface area contributed by atoms with E-state index in [4.69, 9.17) is 18.9 Å². The third kappa shape index (κ3) is 1.87. The lowest BCUT2D eigenvalue weighted by Crippen LogP contribution is -2.61. The van der Waals surface area contributed by atoms with Crippen molar-refractivity contribution in [3.05, 3.63) is 0 Å². The quantitative estimate of drug-likeness (QED) is 0.719. The molecule has 0 saturated carbocycles. The molecule has 2 aliphatic heterocycles. The second-order valence-corrected chi connectivity index (χ2v) is 5.34. The van der Waals surface area contributed by atoms with Crippen LogP contribution < -0.4 is 0 Å². The number of fused-ring (bicyclic) bond motifs is 1. The minimum Gasteiger partial charge on any atom is -0.387 e. The van der Waals surface area contributed by atoms with Crippen molar-refractivity contribution in [2.75, 3.05) is 7.11 Å². The second-order valence-electron chi connectivity index (χ2n) is 5.34. The Morgan fingerprint density at radius 1 is 1.06 bits per heavy atom. The topological polar surface area (TPSA) is 57.2 Å². The summed E-state index contributed by atoms with van der Waals surface area (Å²) in [7, 11) is 1.56. The number of rotatable bonds is 1. The Balaban J connectivity index is 2.22. The molecule has 0 aromatic rings. The van der Waals surface area contributed by atoms with E-state index in [1.165, 1.54) is 0 Å². The first-order valence-electron chi connectivity index (χ1n) is 5.51. The van der Waals surface area contributed by atoms with Crippen LogP contribution in [0.2, 0.25) is 0 Å². The molecule has 2 fully saturated rings. The zero-order valence-electron chi connectivity index (χ0n) is 10.4. The van der Waals surface area contributed by atoms with Gasteiger partial charge in [-0.1, -0.05) is 0 Å². The second kappa shape index (κ2) is 3.65. The summed E-state index contributed by atoms with van der Waals surface area (Å²) < 4.78 is 22.3. The van der Waals surface area contributed by atoms with Crippen LogP contribution in [0.25, 0.3) is 0 Å². The Kier molecular flexibility index (Phi) is 2.79. The van der Waals surface area contributed by atoms with Crippen LogP contribution in [-0.2, 0) is 18.9 Å². The fraction of sp³-hybridized carbons (Fsp3) is 1.00. The molecule has 2 heterocycles. The van der Waals surface area contributed by atoms with Gasteiger partial charge in [-0.2, -0.15) is 0 Å². The highest BCUT2D eigenvalue weighted by molar-refractivity contribution is 4.99. The Morgan fingerprint density at radius 3 is 2.25 bits per heavy atom. The first kappa shape index (κ1) is 12.3. The van der Waals surface area contributed by atoms with Crippen LogP contribution in [0.3, 0.4) is 0 Å². The van der Waals surface area contributed by atoms with Gasteiger partial charge >= 0.3 is 0 Å². The van der Waals surface area contributed by atoms with Crippen molar-refractivity contribution in [3.63, 3.8) is 0 Å². The van der Waals surface area contributed by atoms with Gasteiger partial charge in [0, 0.05) is 7.11 Å². The third-order valence-corrected chi connectivity index (χ3v) is 3.09. The highest BCUT2D eigenvalue weighted by atomic mass is 16.8. The fourth-order valence-electron chi connectivity index (χ4n) is 2.45. The predicted octanol–water partition coefficient (Wildman–Crippen LogP) is 0.649. The number of hydrogen-bond acceptors (Lipinski definition) is 5. The molecule has 5 nitrogen and oxygen atoms in total. The summed E-state index contributed by atoms with van der Waals surface area (Å²) in [6.45, 7) is 7.34. The predicted molar refractivity (Wildman–Crippen MR) is 55.8 cm³/mol. The first-order valence-corrected chi connectivity index (χ1v) is 5.51. The summed E-state index contributed by atoms with van der Waals surface area (Å²) in [5.74, 6) is -0.727. The van der Waals surface area contributed by atoms with Crippen LogP contribution in [0.5, 0.6) is 0 Å². The molecular formula is C11H20O5. The van der Waals surface area contributed by atoms with E-state index in [1.54, 1.807) is 21.0 Å². The van der Waals surface area contributed by atoms with Crippen molar-refractivity contribution >= 4 is 0 Å². The van der Waals surface area contributed by atoms with E-state index >= 15 is 0 Å². The zero-order chi connectivity index (χ0) is 12.1. The summed E-state index contributed by atoms with van der Waals surface area (Å²) in [6, 6.07) is 0. The summed E-state index contributed by atoms with van der Waals surface area (Å²) in [5, 5.41) is 10.2. The van der Waals surface area contributed by atoms with Gasteiger partial charge in [0.25, 0.3) is 0 Å². The van der Waals surface area contributed by atoms with Gasteiger partial charge in [0.15, 0.2) is 12.1 Å². The molecule has 0 aliphatic carbocycles. The van der Waals surface area contributed by atoms with Crippen molar-refractivity contribution in [2.24, 2.45) is 0 Å². The zero-order valence-corrected chi connectivity index (χ0v) is 10.4. The molecule has 2 saturated heterocycles. The van der Waals surface area contributed by atoms with Crippen molar-refractivity contribution in [3.8, 4) is 0 Å². The fourth-order valence-corrected chi connectivity index (χ4v) is 2.45. The average Bonchev–Trinajstić information content (AvgIpc) is 2.39. The average molecular weight is 232 g/mol. The smallest absolute Gasteiger partial charge is 0.190 e. The molecular weight excluding hydrogens is 212 g/mol. The normalized spacial score (nSPS) is 45.4. The van der Waals surface area contributed by atoms with Gasteiger partial charge < -0.3 is 24.1 Å². The molecule has 16 heavy (non-hydrogen) atoms. The van der Waals surface area contributed by atoms with E-state index in [0.29, 0.717) is 0 Å². The SMILES string of the molecule is CO[C@@H]1[C@@H](O)[C@H]2OC(C)(C)O[C@H]2OC1(C)C. The van der Waals surface area contributed by atoms with Gasteiger partial charge in [-0.05, 0) is 27.7 Å². The number of methoxy groups -OCH3 is 1. The van der Waals surface area contributed by atoms with Crippen molar-refractivity contribution < 1.29 is 24.1 Å². The van der Waals surface area contributed by atoms with Gasteiger partial charge in [0.1, 0.15) is 18.3 Å². The molecule has 0 bridgehead atoms. The lowest BCUT2D eigenvalue weighted by Gasteiger charge is -2.44. The number of ether oxygens (including phenoxy) is 4. The van der Waals surface area contributed by atoms with Crippen molar-refractivity contribution in [1.29, 1.82) is 0 Å². The van der Waals surface area contributed by atoms with E-state index in [2.05, 4.69) is 0 Å². The Morgan fingerprint density at radius 2 is 1.69 bits per heavy atom. The van der Waals surface area contributed by atoms with Crippen LogP contribution in [0.4, 0.5) is 0 Å². The lowest BCUT2D eigenvalue weighted by molar-refractivity contribution is -0.287. The molecule has 0 aromatic carbocycles. The largest absolute Gasteiger partial charge is 0.387 e. The van der Waals surface area contributed by atoms with Crippen LogP contribution in [-0.4, -0.2) is 48.2 Å². The molecule has 2 rings (SSSR count). The van der Waals surface area contributed by atoms with Crippen molar-refractivity contribution in [1.82, 2.24) is 0 Å². The molecule has 94 valence electrons. The standard InChI is InChI=1S/C11H20O5/c1-10(2)8(13-5)6(12)7-9(15-10)16-11(3,4)14-7/h6-9,12H,1-5H3/t6-,7+,8+,9+/m0/s1. The van der Waals surface area contributed by atoms with E-state index in [0.717, 1.165) is 0 Å². The maximum Gasteiger partial charge on any atom is 0.190 e. The van der Waals surface area contributed by atoms with E-state index in [9.17, 15) is 5.11 Å². The van der Waals surface area contributed by atoms with Gasteiger partial charge in [0.2, 0.25) is 0 Å². The van der Waals surface area contributed by atoms with Gasteiger partial charge in [-0.15, -0.1) is 0 Å². The Hall–Kier alpha value is -0.200. The number of aliphatic hydroxyl groups excluding tert-OH is 1. The molecule has 0 aromatic heterocycles. The first-order chi connectivity index (χ1) is 7.27. The monoisotopic (exact) mass is 232 g/mol. The summed E-state index contributed by atoms with van der Waals surface area (Å²) in [5.41, 5.74) is -0.598. The molecule has 5 heteroatoms. The maximum absolute atomic E-state index is 10.2. The molecule has 4 atom stereocenters. The summed E-state index contributed by atoms with van der Waals surface area (Å²) >= 11 is 0. The summed E-state index contributed by atoms with van der Waals surface area (Å²) in [6.07, 6.45) is -2.20. The lowest BCUT2D eigenvalue weighted by atomic mass is 9.90. The molecule has 0 amide bonds. The minimum absolute atomic E-state index is 0.425. The van der Waals surface area contributed by atoms with Crippen molar-refractivity contribution in [2.45, 2.75) is 63.7 Å². The van der Waals surface area contributed by atoms with Gasteiger partial charge in [-0.3, -0.25) is 0 Å². The molecule has 1 N–H and O–H groups in total. The van der Waals surface area contributed by atoms with E-state index in [-0.39, 0.29) is 0 Å². The van der Waals surface area contributed by atoms with Gasteiger partial charge in [-0.25, -0.2) is 0 Å². The highest BCUT2D eigenvalue weighted by Gasteiger charge is 2.57. The Labute approximate surface area is 95.6 Å². The molecule has 0 spiro atoms. The van der Waals surface area contributed by atoms with Gasteiger partial charge in [0.05, 0.1) is 5.60 Å². The van der Waals surface area contributed by atoms with E-state index in [1.807, 2.05) is 13.8 Å². The van der Waals surface area contributed by atoms with Crippen LogP contribution >= 0.6 is 0 Å². The maximum atomic E-state index is 10.2. The van der Waals surface area contributed by atoms with Crippen LogP contribution in [0, 0.1) is 0 Å². The number of aliphatic hydroxyl groups is 1. The molecule has 0 radical (unpaired) electrons. The summed E-state index contributed by atoms with van der Waals surface area (Å²) in [4.78, 5) is 0. The number of hydrogen-bond donors (Lipinski definition) is 1. The minimum atomic E-state index is -0.750. The highest BCUT2D eigenvalue weighted by Crippen LogP contribution is 2.40. The Bertz CT molecular complexity index is 276. The van der Waals surface area contributed by atoms with Crippen LogP contribution in [0.1, 0.15) is 27.7 Å². The third-order valence-electron chi connectivity index (χ3n) is 3.09. The van der Waals surface area contributed by atoms with E-state index < -0.39 is 36.0 Å². The molecule has 2 aliphatic rings. The van der Waals surface area contributed by atoms with Crippen LogP contribution in [0.15, 0.2) is 0 Å². The molecule has 0 unspecified atom stereocenters.